The summed E-state index contributed by atoms with van der Waals surface area (Å²) in [5, 5.41) is 9.11. The Hall–Kier alpha value is -3.35. The van der Waals surface area contributed by atoms with Gasteiger partial charge < -0.3 is 20.9 Å². The molecule has 0 saturated heterocycles. The Kier molecular flexibility index (Phi) is 8.04. The lowest BCUT2D eigenvalue weighted by Crippen LogP contribution is -2.41. The number of fused-ring (bicyclic) bond motifs is 1. The van der Waals surface area contributed by atoms with Gasteiger partial charge in [0.2, 0.25) is 5.91 Å². The Labute approximate surface area is 183 Å². The van der Waals surface area contributed by atoms with Crippen molar-refractivity contribution in [2.75, 3.05) is 38.1 Å². The van der Waals surface area contributed by atoms with Gasteiger partial charge in [-0.1, -0.05) is 30.3 Å². The van der Waals surface area contributed by atoms with Crippen LogP contribution in [-0.4, -0.2) is 51.0 Å². The Morgan fingerprint density at radius 3 is 2.74 bits per heavy atom. The molecule has 1 aliphatic heterocycles. The van der Waals surface area contributed by atoms with Crippen molar-refractivity contribution in [3.63, 3.8) is 0 Å². The normalized spacial score (nSPS) is 13.4. The van der Waals surface area contributed by atoms with E-state index in [4.69, 9.17) is 0 Å². The van der Waals surface area contributed by atoms with Crippen molar-refractivity contribution in [3.05, 3.63) is 65.2 Å². The molecule has 7 heteroatoms. The number of guanidine groups is 1. The van der Waals surface area contributed by atoms with E-state index in [2.05, 4.69) is 27.0 Å². The van der Waals surface area contributed by atoms with Gasteiger partial charge in [-0.05, 0) is 55.5 Å². The van der Waals surface area contributed by atoms with E-state index in [-0.39, 0.29) is 18.4 Å². The lowest BCUT2D eigenvalue weighted by atomic mass is 10.0. The van der Waals surface area contributed by atoms with Crippen molar-refractivity contribution in [1.29, 1.82) is 0 Å². The molecule has 0 radical (unpaired) electrons. The van der Waals surface area contributed by atoms with Gasteiger partial charge >= 0.3 is 0 Å². The van der Waals surface area contributed by atoms with Crippen LogP contribution >= 0.6 is 0 Å². The highest BCUT2D eigenvalue weighted by molar-refractivity contribution is 5.97. The third kappa shape index (κ3) is 6.07. The Morgan fingerprint density at radius 2 is 1.94 bits per heavy atom. The molecule has 0 spiro atoms. The van der Waals surface area contributed by atoms with Gasteiger partial charge in [-0.2, -0.15) is 0 Å². The van der Waals surface area contributed by atoms with Crippen molar-refractivity contribution in [2.45, 2.75) is 26.2 Å². The van der Waals surface area contributed by atoms with Crippen molar-refractivity contribution >= 4 is 23.5 Å². The Morgan fingerprint density at radius 1 is 1.10 bits per heavy atom. The number of rotatable bonds is 7. The number of carbonyl (C=O) groups excluding carboxylic acids is 2. The highest BCUT2D eigenvalue weighted by Gasteiger charge is 2.21. The van der Waals surface area contributed by atoms with Crippen molar-refractivity contribution in [2.24, 2.45) is 4.99 Å². The van der Waals surface area contributed by atoms with E-state index in [1.165, 1.54) is 5.56 Å². The van der Waals surface area contributed by atoms with Gasteiger partial charge in [-0.25, -0.2) is 4.99 Å². The molecule has 3 N–H and O–H groups in total. The summed E-state index contributed by atoms with van der Waals surface area (Å²) in [5.74, 6) is 0.522. The summed E-state index contributed by atoms with van der Waals surface area (Å²) in [6, 6.07) is 15.6. The first-order valence-electron chi connectivity index (χ1n) is 10.8. The van der Waals surface area contributed by atoms with E-state index in [1.54, 1.807) is 13.1 Å². The molecular weight excluding hydrogens is 390 g/mol. The topological polar surface area (TPSA) is 85.8 Å². The van der Waals surface area contributed by atoms with Crippen LogP contribution in [0.3, 0.4) is 0 Å². The van der Waals surface area contributed by atoms with Crippen LogP contribution in [0.2, 0.25) is 0 Å². The van der Waals surface area contributed by atoms with Crippen LogP contribution in [0, 0.1) is 0 Å². The molecule has 0 atom stereocenters. The fraction of sp³-hybridized carbons (Fsp3) is 0.375. The summed E-state index contributed by atoms with van der Waals surface area (Å²) in [7, 11) is 1.62. The smallest absolute Gasteiger partial charge is 0.251 e. The summed E-state index contributed by atoms with van der Waals surface area (Å²) in [6.07, 6.45) is 2.72. The zero-order valence-electron chi connectivity index (χ0n) is 18.3. The van der Waals surface area contributed by atoms with Gasteiger partial charge in [0.25, 0.3) is 5.91 Å². The van der Waals surface area contributed by atoms with E-state index in [9.17, 15) is 9.59 Å². The molecule has 1 heterocycles. The molecule has 2 aromatic carbocycles. The first kappa shape index (κ1) is 22.3. The highest BCUT2D eigenvalue weighted by atomic mass is 16.2. The largest absolute Gasteiger partial charge is 0.357 e. The first-order valence-corrected chi connectivity index (χ1v) is 10.8. The lowest BCUT2D eigenvalue weighted by molar-refractivity contribution is -0.117. The van der Waals surface area contributed by atoms with Gasteiger partial charge in [0.15, 0.2) is 5.96 Å². The van der Waals surface area contributed by atoms with Crippen LogP contribution in [0.1, 0.15) is 34.8 Å². The molecule has 0 bridgehead atoms. The second kappa shape index (κ2) is 11.2. The number of nitrogens with one attached hydrogen (secondary N) is 3. The van der Waals surface area contributed by atoms with E-state index in [0.29, 0.717) is 24.6 Å². The number of anilines is 1. The molecule has 0 aromatic heterocycles. The minimum Gasteiger partial charge on any atom is -0.357 e. The standard InChI is InChI=1S/C24H31N5O2/c1-3-26-24(27-14-13-18-8-6-10-20(16-18)23(31)25-2)28-17-22(30)29-15-7-11-19-9-4-5-12-21(19)29/h4-6,8-10,12,16H,3,7,11,13-15,17H2,1-2H3,(H,25,31)(H2,26,27,28). The quantitative estimate of drug-likeness (QED) is 0.472. The molecule has 31 heavy (non-hydrogen) atoms. The van der Waals surface area contributed by atoms with Crippen molar-refractivity contribution in [1.82, 2.24) is 16.0 Å². The van der Waals surface area contributed by atoms with Gasteiger partial charge in [-0.3, -0.25) is 9.59 Å². The van der Waals surface area contributed by atoms with Crippen LogP contribution in [0.15, 0.2) is 53.5 Å². The van der Waals surface area contributed by atoms with Crippen LogP contribution in [0.25, 0.3) is 0 Å². The Balaban J connectivity index is 1.57. The number of para-hydroxylation sites is 1. The second-order valence-corrected chi connectivity index (χ2v) is 7.43. The average Bonchev–Trinajstić information content (AvgIpc) is 2.81. The SMILES string of the molecule is CCNC(=NCC(=O)N1CCCc2ccccc21)NCCc1cccc(C(=O)NC)c1. The van der Waals surface area contributed by atoms with Crippen molar-refractivity contribution < 1.29 is 9.59 Å². The number of hydrogen-bond acceptors (Lipinski definition) is 3. The van der Waals surface area contributed by atoms with Gasteiger partial charge in [-0.15, -0.1) is 0 Å². The van der Waals surface area contributed by atoms with Gasteiger partial charge in [0, 0.05) is 37.9 Å². The molecule has 164 valence electrons. The number of hydrogen-bond donors (Lipinski definition) is 3. The maximum atomic E-state index is 12.8. The fourth-order valence-corrected chi connectivity index (χ4v) is 3.70. The number of aliphatic imine (C=N–C) groups is 1. The maximum Gasteiger partial charge on any atom is 0.251 e. The molecule has 0 unspecified atom stereocenters. The summed E-state index contributed by atoms with van der Waals surface area (Å²) in [6.45, 7) is 4.17. The summed E-state index contributed by atoms with van der Waals surface area (Å²) < 4.78 is 0. The molecular formula is C24H31N5O2. The molecule has 0 aliphatic carbocycles. The third-order valence-corrected chi connectivity index (χ3v) is 5.25. The third-order valence-electron chi connectivity index (χ3n) is 5.25. The van der Waals surface area contributed by atoms with Gasteiger partial charge in [0.1, 0.15) is 6.54 Å². The predicted octanol–water partition coefficient (Wildman–Crippen LogP) is 2.12. The lowest BCUT2D eigenvalue weighted by Gasteiger charge is -2.29. The molecule has 1 aliphatic rings. The minimum atomic E-state index is -0.0949. The average molecular weight is 422 g/mol. The van der Waals surface area contributed by atoms with E-state index >= 15 is 0 Å². The van der Waals surface area contributed by atoms with Gasteiger partial charge in [0.05, 0.1) is 0 Å². The van der Waals surface area contributed by atoms with E-state index in [1.807, 2.05) is 48.2 Å². The second-order valence-electron chi connectivity index (χ2n) is 7.43. The number of aryl methyl sites for hydroxylation is 1. The number of amides is 2. The van der Waals surface area contributed by atoms with Crippen LogP contribution in [0.4, 0.5) is 5.69 Å². The highest BCUT2D eigenvalue weighted by Crippen LogP contribution is 2.26. The number of benzene rings is 2. The Bertz CT molecular complexity index is 941. The zero-order chi connectivity index (χ0) is 22.1. The maximum absolute atomic E-state index is 12.8. The molecule has 0 saturated carbocycles. The van der Waals surface area contributed by atoms with Crippen LogP contribution in [0.5, 0.6) is 0 Å². The van der Waals surface area contributed by atoms with Crippen molar-refractivity contribution in [3.8, 4) is 0 Å². The molecule has 7 nitrogen and oxygen atoms in total. The van der Waals surface area contributed by atoms with Crippen LogP contribution in [-0.2, 0) is 17.6 Å². The number of carbonyl (C=O) groups is 2. The molecule has 3 rings (SSSR count). The summed E-state index contributed by atoms with van der Waals surface area (Å²) in [5.41, 5.74) is 3.93. The van der Waals surface area contributed by atoms with Crippen LogP contribution < -0.4 is 20.9 Å². The summed E-state index contributed by atoms with van der Waals surface area (Å²) in [4.78, 5) is 31.0. The van der Waals surface area contributed by atoms with E-state index < -0.39 is 0 Å². The fourth-order valence-electron chi connectivity index (χ4n) is 3.70. The number of nitrogens with zero attached hydrogens (tertiary/aromatic N) is 2. The summed E-state index contributed by atoms with van der Waals surface area (Å²) >= 11 is 0. The first-order chi connectivity index (χ1) is 15.1. The van der Waals surface area contributed by atoms with E-state index in [0.717, 1.165) is 37.1 Å². The minimum absolute atomic E-state index is 0.00244. The molecule has 2 amide bonds. The zero-order valence-corrected chi connectivity index (χ0v) is 18.3. The molecule has 0 fully saturated rings. The predicted molar refractivity (Wildman–Crippen MR) is 125 cm³/mol. The molecule has 2 aromatic rings. The monoisotopic (exact) mass is 421 g/mol.